The molecule has 11 atom stereocenters. The molecule has 0 radical (unpaired) electrons. The van der Waals surface area contributed by atoms with Gasteiger partial charge in [0.2, 0.25) is 0 Å². The van der Waals surface area contributed by atoms with Crippen molar-refractivity contribution in [3.63, 3.8) is 0 Å². The van der Waals surface area contributed by atoms with E-state index in [-0.39, 0.29) is 19.4 Å². The van der Waals surface area contributed by atoms with E-state index in [0.717, 1.165) is 89.9 Å². The van der Waals surface area contributed by atoms with Gasteiger partial charge in [-0.25, -0.2) is 0 Å². The molecule has 15 nitrogen and oxygen atoms in total. The summed E-state index contributed by atoms with van der Waals surface area (Å²) in [5.41, 5.74) is 0. The van der Waals surface area contributed by atoms with Gasteiger partial charge in [0.15, 0.2) is 18.7 Å². The Kier molecular flexibility index (Phi) is 33.5. The molecule has 0 aliphatic carbocycles. The van der Waals surface area contributed by atoms with E-state index in [2.05, 4.69) is 98.9 Å². The summed E-state index contributed by atoms with van der Waals surface area (Å²) in [6, 6.07) is 0. The Balaban J connectivity index is 1.86. The highest BCUT2D eigenvalue weighted by molar-refractivity contribution is 5.70. The van der Waals surface area contributed by atoms with Crippen molar-refractivity contribution in [3.05, 3.63) is 85.1 Å². The van der Waals surface area contributed by atoms with E-state index in [1.54, 1.807) is 0 Å². The molecule has 2 fully saturated rings. The zero-order valence-electron chi connectivity index (χ0n) is 39.4. The number of carbonyl (C=O) groups excluding carboxylic acids is 2. The molecule has 2 aliphatic rings. The minimum Gasteiger partial charge on any atom is -0.462 e. The van der Waals surface area contributed by atoms with Crippen LogP contribution in [0.3, 0.4) is 0 Å². The number of rotatable bonds is 35. The first kappa shape index (κ1) is 58.8. The lowest BCUT2D eigenvalue weighted by Crippen LogP contribution is -2.61. The largest absolute Gasteiger partial charge is 0.462 e. The molecule has 66 heavy (non-hydrogen) atoms. The minimum absolute atomic E-state index is 0.125. The fourth-order valence-electron chi connectivity index (χ4n) is 6.93. The molecule has 0 aromatic carbocycles. The van der Waals surface area contributed by atoms with Gasteiger partial charge in [0, 0.05) is 12.8 Å². The first-order valence-electron chi connectivity index (χ1n) is 24.2. The number of carbonyl (C=O) groups is 2. The van der Waals surface area contributed by atoms with Crippen LogP contribution in [-0.4, -0.2) is 142 Å². The summed E-state index contributed by atoms with van der Waals surface area (Å²) < 4.78 is 33.4. The van der Waals surface area contributed by atoms with Crippen LogP contribution in [0.1, 0.15) is 129 Å². The van der Waals surface area contributed by atoms with Crippen molar-refractivity contribution in [2.75, 3.05) is 26.4 Å². The molecule has 2 heterocycles. The van der Waals surface area contributed by atoms with Gasteiger partial charge >= 0.3 is 11.9 Å². The lowest BCUT2D eigenvalue weighted by atomic mass is 9.98. The molecule has 2 rings (SSSR count). The molecule has 2 saturated heterocycles. The Labute approximate surface area is 393 Å². The van der Waals surface area contributed by atoms with Gasteiger partial charge in [-0.3, -0.25) is 9.59 Å². The topological polar surface area (TPSA) is 231 Å². The number of hydrogen-bond acceptors (Lipinski definition) is 15. The van der Waals surface area contributed by atoms with Crippen LogP contribution in [0.2, 0.25) is 0 Å². The smallest absolute Gasteiger partial charge is 0.306 e. The number of hydrogen-bond donors (Lipinski definition) is 7. The molecule has 15 heteroatoms. The second-order valence-corrected chi connectivity index (χ2v) is 16.5. The highest BCUT2D eigenvalue weighted by atomic mass is 16.7. The number of allylic oxidation sites excluding steroid dienone is 14. The minimum atomic E-state index is -1.78. The molecular weight excluding hydrogens is 853 g/mol. The van der Waals surface area contributed by atoms with Crippen LogP contribution in [0.15, 0.2) is 85.1 Å². The monoisotopic (exact) mass is 935 g/mol. The van der Waals surface area contributed by atoms with Gasteiger partial charge in [0.1, 0.15) is 55.4 Å². The van der Waals surface area contributed by atoms with Gasteiger partial charge in [-0.1, -0.05) is 118 Å². The van der Waals surface area contributed by atoms with Crippen LogP contribution in [0.4, 0.5) is 0 Å². The number of aliphatic hydroxyl groups is 7. The summed E-state index contributed by atoms with van der Waals surface area (Å²) in [6.45, 7) is 2.27. The molecule has 11 unspecified atom stereocenters. The first-order chi connectivity index (χ1) is 32.0. The molecular formula is C51H82O15. The highest BCUT2D eigenvalue weighted by Gasteiger charge is 2.47. The van der Waals surface area contributed by atoms with Gasteiger partial charge in [-0.05, 0) is 83.5 Å². The third kappa shape index (κ3) is 25.7. The summed E-state index contributed by atoms with van der Waals surface area (Å²) in [5, 5.41) is 72.0. The van der Waals surface area contributed by atoms with E-state index < -0.39 is 99.3 Å². The molecule has 0 spiro atoms. The van der Waals surface area contributed by atoms with E-state index >= 15 is 0 Å². The Hall–Kier alpha value is -3.32. The Morgan fingerprint density at radius 3 is 1.42 bits per heavy atom. The number of unbranched alkanes of at least 4 members (excludes halogenated alkanes) is 7. The Bertz CT molecular complexity index is 1470. The Morgan fingerprint density at radius 1 is 0.485 bits per heavy atom. The lowest BCUT2D eigenvalue weighted by Gasteiger charge is -2.42. The highest BCUT2D eigenvalue weighted by Crippen LogP contribution is 2.26. The summed E-state index contributed by atoms with van der Waals surface area (Å²) in [6.07, 6.45) is 27.6. The van der Waals surface area contributed by atoms with E-state index in [4.69, 9.17) is 28.4 Å². The van der Waals surface area contributed by atoms with Gasteiger partial charge in [0.25, 0.3) is 0 Å². The fourth-order valence-corrected chi connectivity index (χ4v) is 6.93. The molecule has 2 aliphatic heterocycles. The predicted molar refractivity (Wildman–Crippen MR) is 252 cm³/mol. The second-order valence-electron chi connectivity index (χ2n) is 16.5. The van der Waals surface area contributed by atoms with Crippen LogP contribution in [0.25, 0.3) is 0 Å². The molecule has 0 bridgehead atoms. The average molecular weight is 935 g/mol. The zero-order chi connectivity index (χ0) is 48.2. The van der Waals surface area contributed by atoms with Crippen LogP contribution in [-0.2, 0) is 38.0 Å². The second kappa shape index (κ2) is 37.6. The summed E-state index contributed by atoms with van der Waals surface area (Å²) >= 11 is 0. The van der Waals surface area contributed by atoms with E-state index in [0.29, 0.717) is 12.8 Å². The maximum atomic E-state index is 13.0. The molecule has 0 saturated carbocycles. The molecule has 0 aromatic heterocycles. The van der Waals surface area contributed by atoms with Crippen molar-refractivity contribution < 1.29 is 73.8 Å². The maximum Gasteiger partial charge on any atom is 0.306 e. The number of esters is 2. The predicted octanol–water partition coefficient (Wildman–Crippen LogP) is 6.04. The van der Waals surface area contributed by atoms with E-state index in [1.165, 1.54) is 0 Å². The van der Waals surface area contributed by atoms with Crippen molar-refractivity contribution in [1.82, 2.24) is 0 Å². The molecule has 0 amide bonds. The van der Waals surface area contributed by atoms with E-state index in [9.17, 15) is 45.3 Å². The maximum absolute atomic E-state index is 13.0. The zero-order valence-corrected chi connectivity index (χ0v) is 39.4. The standard InChI is InChI=1S/C51H82O15/c1-3-5-7-9-11-13-15-17-18-19-20-22-24-26-28-30-32-34-43(54)64-39(36-61-42(53)33-31-29-27-25-23-21-16-14-12-10-8-6-4-2)37-62-50-49(60)47(58)45(56)41(66-50)38-63-51-48(59)46(57)44(55)40(35-52)65-51/h5-8,11-14,17-18,20-23,39-41,44-52,55-60H,3-4,9-10,15-16,19,24-38H2,1-2H3/b7-5-,8-6-,13-11-,14-12-,18-17-,22-20-,23-21-. The van der Waals surface area contributed by atoms with Crippen LogP contribution >= 0.6 is 0 Å². The van der Waals surface area contributed by atoms with Crippen molar-refractivity contribution in [1.29, 1.82) is 0 Å². The lowest BCUT2D eigenvalue weighted by molar-refractivity contribution is -0.332. The van der Waals surface area contributed by atoms with Crippen molar-refractivity contribution in [2.24, 2.45) is 0 Å². The molecule has 0 aromatic rings. The van der Waals surface area contributed by atoms with Crippen LogP contribution < -0.4 is 0 Å². The van der Waals surface area contributed by atoms with Gasteiger partial charge in [-0.15, -0.1) is 0 Å². The fraction of sp³-hybridized carbons (Fsp3) is 0.686. The molecule has 376 valence electrons. The average Bonchev–Trinajstić information content (AvgIpc) is 3.31. The normalized spacial score (nSPS) is 26.9. The summed E-state index contributed by atoms with van der Waals surface area (Å²) in [5.74, 6) is -0.998. The molecule has 7 N–H and O–H groups in total. The van der Waals surface area contributed by atoms with Gasteiger partial charge in [0.05, 0.1) is 19.8 Å². The van der Waals surface area contributed by atoms with Crippen LogP contribution in [0, 0.1) is 0 Å². The van der Waals surface area contributed by atoms with Crippen molar-refractivity contribution in [3.8, 4) is 0 Å². The summed E-state index contributed by atoms with van der Waals surface area (Å²) in [4.78, 5) is 25.7. The van der Waals surface area contributed by atoms with E-state index in [1.807, 2.05) is 0 Å². The quantitative estimate of drug-likeness (QED) is 0.0218. The first-order valence-corrected chi connectivity index (χ1v) is 24.2. The van der Waals surface area contributed by atoms with Crippen LogP contribution in [0.5, 0.6) is 0 Å². The van der Waals surface area contributed by atoms with Gasteiger partial charge in [-0.2, -0.15) is 0 Å². The number of aliphatic hydroxyl groups excluding tert-OH is 7. The summed E-state index contributed by atoms with van der Waals surface area (Å²) in [7, 11) is 0. The van der Waals surface area contributed by atoms with Gasteiger partial charge < -0.3 is 64.2 Å². The van der Waals surface area contributed by atoms with Crippen molar-refractivity contribution >= 4 is 11.9 Å². The third-order valence-corrected chi connectivity index (χ3v) is 10.9. The van der Waals surface area contributed by atoms with Crippen molar-refractivity contribution in [2.45, 2.75) is 197 Å². The SMILES string of the molecule is CC/C=C\C/C=C\C/C=C\C/C=C\CCCCCCC(=O)OC(COC(=O)CCCCC/C=C\C/C=C\C/C=C\CC)COC1OC(COC2OC(CO)C(O)C(O)C2O)C(O)C(O)C1O. The Morgan fingerprint density at radius 2 is 0.909 bits per heavy atom. The third-order valence-electron chi connectivity index (χ3n) is 10.9. The number of ether oxygens (including phenoxy) is 6.